The zero-order chi connectivity index (χ0) is 14.7. The fourth-order valence-corrected chi connectivity index (χ4v) is 2.33. The second-order valence-corrected chi connectivity index (χ2v) is 5.69. The second kappa shape index (κ2) is 6.46. The minimum atomic E-state index is -0.548. The fourth-order valence-electron chi connectivity index (χ4n) is 1.96. The summed E-state index contributed by atoms with van der Waals surface area (Å²) in [7, 11) is 0. The smallest absolute Gasteiger partial charge is 0.144 e. The van der Waals surface area contributed by atoms with E-state index >= 15 is 0 Å². The predicted molar refractivity (Wildman–Crippen MR) is 80.5 cm³/mol. The third-order valence-corrected chi connectivity index (χ3v) is 3.91. The first-order valence-electron chi connectivity index (χ1n) is 6.41. The molecule has 1 N–H and O–H groups in total. The molecule has 0 fully saturated rings. The molecular formula is C16H16BrF2N. The van der Waals surface area contributed by atoms with Crippen LogP contribution in [0.1, 0.15) is 29.7 Å². The average molecular weight is 340 g/mol. The Kier molecular flexibility index (Phi) is 4.89. The van der Waals surface area contributed by atoms with Crippen LogP contribution in [0.25, 0.3) is 0 Å². The van der Waals surface area contributed by atoms with Gasteiger partial charge >= 0.3 is 0 Å². The molecule has 1 nitrogen and oxygen atoms in total. The van der Waals surface area contributed by atoms with Crippen LogP contribution in [-0.4, -0.2) is 0 Å². The molecule has 0 aliphatic heterocycles. The summed E-state index contributed by atoms with van der Waals surface area (Å²) in [6.45, 7) is 4.14. The van der Waals surface area contributed by atoms with Crippen molar-refractivity contribution in [3.8, 4) is 0 Å². The first-order valence-corrected chi connectivity index (χ1v) is 7.20. The van der Waals surface area contributed by atoms with E-state index in [1.54, 1.807) is 0 Å². The van der Waals surface area contributed by atoms with Crippen LogP contribution in [0.4, 0.5) is 8.78 Å². The fraction of sp³-hybridized carbons (Fsp3) is 0.250. The van der Waals surface area contributed by atoms with Gasteiger partial charge in [0.05, 0.1) is 4.47 Å². The summed E-state index contributed by atoms with van der Waals surface area (Å²) in [5.41, 5.74) is 2.33. The molecule has 0 aliphatic carbocycles. The number of hydrogen-bond acceptors (Lipinski definition) is 1. The van der Waals surface area contributed by atoms with Crippen LogP contribution in [-0.2, 0) is 6.54 Å². The second-order valence-electron chi connectivity index (χ2n) is 4.84. The van der Waals surface area contributed by atoms with Crippen LogP contribution in [0.15, 0.2) is 40.9 Å². The highest BCUT2D eigenvalue weighted by Crippen LogP contribution is 2.22. The lowest BCUT2D eigenvalue weighted by atomic mass is 10.1. The molecule has 2 rings (SSSR count). The van der Waals surface area contributed by atoms with Gasteiger partial charge in [-0.1, -0.05) is 29.8 Å². The van der Waals surface area contributed by atoms with E-state index in [-0.39, 0.29) is 22.6 Å². The quantitative estimate of drug-likeness (QED) is 0.782. The van der Waals surface area contributed by atoms with Crippen molar-refractivity contribution < 1.29 is 8.78 Å². The number of benzene rings is 2. The first-order chi connectivity index (χ1) is 9.49. The van der Waals surface area contributed by atoms with E-state index in [4.69, 9.17) is 0 Å². The van der Waals surface area contributed by atoms with Gasteiger partial charge in [0.15, 0.2) is 0 Å². The van der Waals surface area contributed by atoms with Gasteiger partial charge in [-0.2, -0.15) is 0 Å². The molecule has 4 heteroatoms. The topological polar surface area (TPSA) is 12.0 Å². The van der Waals surface area contributed by atoms with E-state index in [0.29, 0.717) is 0 Å². The van der Waals surface area contributed by atoms with Crippen molar-refractivity contribution >= 4 is 15.9 Å². The molecular weight excluding hydrogens is 324 g/mol. The monoisotopic (exact) mass is 339 g/mol. The summed E-state index contributed by atoms with van der Waals surface area (Å²) in [6.07, 6.45) is 0. The molecule has 106 valence electrons. The van der Waals surface area contributed by atoms with E-state index in [1.165, 1.54) is 17.7 Å². The average Bonchev–Trinajstić information content (AvgIpc) is 2.43. The summed E-state index contributed by atoms with van der Waals surface area (Å²) in [5, 5.41) is 3.14. The number of nitrogens with one attached hydrogen (secondary N) is 1. The van der Waals surface area contributed by atoms with E-state index in [0.717, 1.165) is 5.56 Å². The Hall–Kier alpha value is -1.26. The lowest BCUT2D eigenvalue weighted by Crippen LogP contribution is -2.19. The molecule has 1 unspecified atom stereocenters. The molecule has 0 aliphatic rings. The van der Waals surface area contributed by atoms with Crippen LogP contribution in [0, 0.1) is 18.6 Å². The van der Waals surface area contributed by atoms with Crippen LogP contribution in [0.5, 0.6) is 0 Å². The lowest BCUT2D eigenvalue weighted by molar-refractivity contribution is 0.506. The van der Waals surface area contributed by atoms with Gasteiger partial charge in [0.25, 0.3) is 0 Å². The van der Waals surface area contributed by atoms with Crippen molar-refractivity contribution in [1.29, 1.82) is 0 Å². The Balaban J connectivity index is 2.09. The van der Waals surface area contributed by atoms with Crippen molar-refractivity contribution in [1.82, 2.24) is 5.32 Å². The zero-order valence-corrected chi connectivity index (χ0v) is 13.0. The van der Waals surface area contributed by atoms with Gasteiger partial charge in [0.1, 0.15) is 11.6 Å². The van der Waals surface area contributed by atoms with Gasteiger partial charge in [-0.25, -0.2) is 8.78 Å². The SMILES string of the molecule is Cc1ccc(C(C)NCc2c(F)ccc(Br)c2F)cc1. The Labute approximate surface area is 126 Å². The molecule has 1 atom stereocenters. The van der Waals surface area contributed by atoms with E-state index in [2.05, 4.69) is 21.2 Å². The summed E-state index contributed by atoms with van der Waals surface area (Å²) in [5.74, 6) is -1.08. The molecule has 0 amide bonds. The van der Waals surface area contributed by atoms with E-state index < -0.39 is 11.6 Å². The van der Waals surface area contributed by atoms with Crippen LogP contribution < -0.4 is 5.32 Å². The maximum Gasteiger partial charge on any atom is 0.144 e. The summed E-state index contributed by atoms with van der Waals surface area (Å²) >= 11 is 3.07. The van der Waals surface area contributed by atoms with Gasteiger partial charge in [-0.15, -0.1) is 0 Å². The van der Waals surface area contributed by atoms with E-state index in [1.807, 2.05) is 38.1 Å². The summed E-state index contributed by atoms with van der Waals surface area (Å²) in [4.78, 5) is 0. The third kappa shape index (κ3) is 3.44. The van der Waals surface area contributed by atoms with Crippen LogP contribution in [0.2, 0.25) is 0 Å². The molecule has 0 heterocycles. The molecule has 20 heavy (non-hydrogen) atoms. The molecule has 0 radical (unpaired) electrons. The van der Waals surface area contributed by atoms with Gasteiger partial charge in [-0.05, 0) is 47.5 Å². The van der Waals surface area contributed by atoms with Gasteiger partial charge in [0, 0.05) is 18.2 Å². The maximum atomic E-state index is 13.8. The highest BCUT2D eigenvalue weighted by Gasteiger charge is 2.13. The zero-order valence-electron chi connectivity index (χ0n) is 11.4. The highest BCUT2D eigenvalue weighted by atomic mass is 79.9. The number of rotatable bonds is 4. The van der Waals surface area contributed by atoms with Crippen molar-refractivity contribution in [3.05, 3.63) is 69.2 Å². The van der Waals surface area contributed by atoms with E-state index in [9.17, 15) is 8.78 Å². The number of halogens is 3. The lowest BCUT2D eigenvalue weighted by Gasteiger charge is -2.15. The molecule has 0 spiro atoms. The van der Waals surface area contributed by atoms with Crippen molar-refractivity contribution in [2.24, 2.45) is 0 Å². The molecule has 0 bridgehead atoms. The molecule has 2 aromatic carbocycles. The van der Waals surface area contributed by atoms with Gasteiger partial charge < -0.3 is 5.32 Å². The largest absolute Gasteiger partial charge is 0.306 e. The molecule has 0 saturated carbocycles. The normalized spacial score (nSPS) is 12.4. The minimum absolute atomic E-state index is 0.0216. The van der Waals surface area contributed by atoms with Gasteiger partial charge in [-0.3, -0.25) is 0 Å². The molecule has 0 saturated heterocycles. The van der Waals surface area contributed by atoms with Gasteiger partial charge in [0.2, 0.25) is 0 Å². The Morgan fingerprint density at radius 2 is 1.75 bits per heavy atom. The standard InChI is InChI=1S/C16H16BrF2N/c1-10-3-5-12(6-4-10)11(2)20-9-13-15(18)8-7-14(17)16(13)19/h3-8,11,20H,9H2,1-2H3. The predicted octanol–water partition coefficient (Wildman–Crippen LogP) is 4.89. The highest BCUT2D eigenvalue weighted by molar-refractivity contribution is 9.10. The van der Waals surface area contributed by atoms with Crippen molar-refractivity contribution in [2.45, 2.75) is 26.4 Å². The summed E-state index contributed by atoms with van der Waals surface area (Å²) in [6, 6.07) is 10.7. The number of hydrogen-bond donors (Lipinski definition) is 1. The molecule has 2 aromatic rings. The van der Waals surface area contributed by atoms with Crippen molar-refractivity contribution in [2.75, 3.05) is 0 Å². The third-order valence-electron chi connectivity index (χ3n) is 3.30. The Morgan fingerprint density at radius 1 is 1.10 bits per heavy atom. The van der Waals surface area contributed by atoms with Crippen LogP contribution >= 0.6 is 15.9 Å². The Morgan fingerprint density at radius 3 is 2.40 bits per heavy atom. The summed E-state index contributed by atoms with van der Waals surface area (Å²) < 4.78 is 27.8. The molecule has 0 aromatic heterocycles. The minimum Gasteiger partial charge on any atom is -0.306 e. The maximum absolute atomic E-state index is 13.8. The van der Waals surface area contributed by atoms with Crippen LogP contribution in [0.3, 0.4) is 0 Å². The van der Waals surface area contributed by atoms with Crippen molar-refractivity contribution in [3.63, 3.8) is 0 Å². The number of aryl methyl sites for hydroxylation is 1. The first kappa shape index (κ1) is 15.1. The Bertz CT molecular complexity index is 596.